The van der Waals surface area contributed by atoms with Gasteiger partial charge in [-0.25, -0.2) is 0 Å². The normalized spacial score (nSPS) is 24.7. The second-order valence-corrected chi connectivity index (χ2v) is 16.4. The van der Waals surface area contributed by atoms with Gasteiger partial charge in [-0.1, -0.05) is 26.6 Å². The molecule has 0 bridgehead atoms. The van der Waals surface area contributed by atoms with Gasteiger partial charge in [-0.05, 0) is 64.4 Å². The molecule has 0 radical (unpaired) electrons. The molecule has 2 aliphatic rings. The molecule has 2 fully saturated rings. The van der Waals surface area contributed by atoms with E-state index in [0.717, 1.165) is 46.0 Å². The minimum absolute atomic E-state index is 0.321. The Morgan fingerprint density at radius 1 is 1.37 bits per heavy atom. The first kappa shape index (κ1) is 19.9. The number of aromatic nitrogens is 3. The summed E-state index contributed by atoms with van der Waals surface area (Å²) in [5, 5.41) is 1.43. The van der Waals surface area contributed by atoms with Crippen LogP contribution in [-0.4, -0.2) is 42.3 Å². The van der Waals surface area contributed by atoms with Crippen LogP contribution in [0.4, 0.5) is 5.82 Å². The van der Waals surface area contributed by atoms with E-state index in [4.69, 9.17) is 16.3 Å². The van der Waals surface area contributed by atoms with E-state index in [1.807, 2.05) is 0 Å². The van der Waals surface area contributed by atoms with Gasteiger partial charge >= 0.3 is 0 Å². The molecule has 0 spiro atoms. The zero-order valence-electron chi connectivity index (χ0n) is 16.6. The highest BCUT2D eigenvalue weighted by Gasteiger charge is 2.58. The second-order valence-electron chi connectivity index (χ2n) is 9.31. The van der Waals surface area contributed by atoms with Crippen LogP contribution in [-0.2, 0) is 11.5 Å². The van der Waals surface area contributed by atoms with E-state index in [0.29, 0.717) is 17.4 Å². The van der Waals surface area contributed by atoms with Crippen LogP contribution in [0, 0.1) is 14.9 Å². The molecular weight excluding hydrogens is 491 g/mol. The first-order valence-corrected chi connectivity index (χ1v) is 14.9. The van der Waals surface area contributed by atoms with Crippen molar-refractivity contribution >= 4 is 59.1 Å². The summed E-state index contributed by atoms with van der Waals surface area (Å²) in [6, 6.07) is 1.17. The van der Waals surface area contributed by atoms with Crippen molar-refractivity contribution in [2.45, 2.75) is 52.2 Å². The second kappa shape index (κ2) is 7.14. The first-order chi connectivity index (χ1) is 12.7. The molecule has 8 heteroatoms. The summed E-state index contributed by atoms with van der Waals surface area (Å²) in [7, 11) is -1.08. The van der Waals surface area contributed by atoms with Crippen LogP contribution >= 0.6 is 34.2 Å². The van der Waals surface area contributed by atoms with Gasteiger partial charge in [0.05, 0.1) is 5.39 Å². The van der Waals surface area contributed by atoms with E-state index in [9.17, 15) is 0 Å². The molecule has 3 heterocycles. The lowest BCUT2D eigenvalue weighted by Gasteiger charge is -2.22. The predicted octanol–water partition coefficient (Wildman–Crippen LogP) is 5.24. The van der Waals surface area contributed by atoms with Gasteiger partial charge in [0.1, 0.15) is 18.2 Å². The topological polar surface area (TPSA) is 43.2 Å². The maximum absolute atomic E-state index is 6.32. The third-order valence-electron chi connectivity index (χ3n) is 6.16. The summed E-state index contributed by atoms with van der Waals surface area (Å²) < 4.78 is 9.19. The van der Waals surface area contributed by atoms with Crippen LogP contribution in [0.25, 0.3) is 11.0 Å². The van der Waals surface area contributed by atoms with Gasteiger partial charge in [0, 0.05) is 37.5 Å². The van der Waals surface area contributed by atoms with Crippen molar-refractivity contribution < 1.29 is 4.74 Å². The molecule has 4 rings (SSSR count). The minimum Gasteiger partial charge on any atom is -0.361 e. The zero-order valence-corrected chi connectivity index (χ0v) is 20.5. The number of rotatable bonds is 7. The highest BCUT2D eigenvalue weighted by Crippen LogP contribution is 2.60. The summed E-state index contributed by atoms with van der Waals surface area (Å²) in [5.41, 5.74) is 1.39. The van der Waals surface area contributed by atoms with Crippen LogP contribution in [0.1, 0.15) is 19.8 Å². The zero-order chi connectivity index (χ0) is 19.4. The fraction of sp³-hybridized carbons (Fsp3) is 0.684. The lowest BCUT2D eigenvalue weighted by Crippen LogP contribution is -2.26. The van der Waals surface area contributed by atoms with E-state index in [1.165, 1.54) is 18.9 Å². The number of piperidine rings is 1. The highest BCUT2D eigenvalue weighted by molar-refractivity contribution is 14.1. The molecule has 0 amide bonds. The van der Waals surface area contributed by atoms with Gasteiger partial charge in [0.2, 0.25) is 5.28 Å². The molecule has 0 aromatic carbocycles. The van der Waals surface area contributed by atoms with Gasteiger partial charge in [0.15, 0.2) is 0 Å². The number of anilines is 1. The Labute approximate surface area is 181 Å². The molecule has 0 N–H and O–H groups in total. The average Bonchev–Trinajstić information content (AvgIpc) is 3.00. The molecule has 1 aliphatic carbocycles. The van der Waals surface area contributed by atoms with E-state index in [2.05, 4.69) is 74.8 Å². The Bertz CT molecular complexity index is 863. The van der Waals surface area contributed by atoms with Gasteiger partial charge in [-0.3, -0.25) is 0 Å². The maximum atomic E-state index is 6.32. The summed E-state index contributed by atoms with van der Waals surface area (Å²) >= 11 is 8.71. The maximum Gasteiger partial charge on any atom is 0.226 e. The van der Waals surface area contributed by atoms with Gasteiger partial charge < -0.3 is 14.2 Å². The van der Waals surface area contributed by atoms with Crippen LogP contribution in [0.15, 0.2) is 6.20 Å². The van der Waals surface area contributed by atoms with Gasteiger partial charge in [0.25, 0.3) is 0 Å². The number of hydrogen-bond acceptors (Lipinski definition) is 4. The van der Waals surface area contributed by atoms with Crippen molar-refractivity contribution in [2.75, 3.05) is 24.6 Å². The van der Waals surface area contributed by atoms with Crippen LogP contribution < -0.4 is 4.90 Å². The molecule has 2 aromatic rings. The third-order valence-corrected chi connectivity index (χ3v) is 8.85. The number of hydrogen-bond donors (Lipinski definition) is 0. The molecular formula is C19H28ClIN4OSi. The molecule has 2 aromatic heterocycles. The predicted molar refractivity (Wildman–Crippen MR) is 122 cm³/mol. The minimum atomic E-state index is -1.08. The monoisotopic (exact) mass is 518 g/mol. The lowest BCUT2D eigenvalue weighted by atomic mass is 10.0. The number of ether oxygens (including phenoxy) is 1. The fourth-order valence-electron chi connectivity index (χ4n) is 4.26. The largest absolute Gasteiger partial charge is 0.361 e. The molecule has 1 saturated carbocycles. The first-order valence-electron chi connectivity index (χ1n) is 9.77. The Hall–Kier alpha value is -0.383. The molecule has 1 aliphatic heterocycles. The smallest absolute Gasteiger partial charge is 0.226 e. The Morgan fingerprint density at radius 3 is 2.81 bits per heavy atom. The van der Waals surface area contributed by atoms with E-state index < -0.39 is 8.07 Å². The van der Waals surface area contributed by atoms with Crippen molar-refractivity contribution in [3.8, 4) is 0 Å². The summed E-state index contributed by atoms with van der Waals surface area (Å²) in [5.74, 6) is 1.81. The lowest BCUT2D eigenvalue weighted by molar-refractivity contribution is 0.0898. The molecule has 5 nitrogen and oxygen atoms in total. The Kier molecular flexibility index (Phi) is 5.27. The number of fused-ring (bicyclic) bond motifs is 2. The Morgan fingerprint density at radius 2 is 2.15 bits per heavy atom. The van der Waals surface area contributed by atoms with Crippen molar-refractivity contribution in [1.29, 1.82) is 0 Å². The van der Waals surface area contributed by atoms with E-state index in [-0.39, 0.29) is 0 Å². The SMILES string of the molecule is CCC12CC1CN(c1nc(Cl)nc3c1c(I)cn3COCC[Si](C)(C)C)C2. The fourth-order valence-corrected chi connectivity index (χ4v) is 6.00. The summed E-state index contributed by atoms with van der Waals surface area (Å²) in [6.07, 6.45) is 4.73. The number of nitrogens with zero attached hydrogens (tertiary/aromatic N) is 4. The van der Waals surface area contributed by atoms with Crippen molar-refractivity contribution in [1.82, 2.24) is 14.5 Å². The van der Waals surface area contributed by atoms with Crippen LogP contribution in [0.3, 0.4) is 0 Å². The molecule has 2 atom stereocenters. The van der Waals surface area contributed by atoms with Crippen molar-refractivity contribution in [3.05, 3.63) is 15.1 Å². The quantitative estimate of drug-likeness (QED) is 0.218. The molecule has 1 saturated heterocycles. The highest BCUT2D eigenvalue weighted by atomic mass is 127. The number of halogens is 2. The van der Waals surface area contributed by atoms with Gasteiger partial charge in [-0.2, -0.15) is 9.97 Å². The summed E-state index contributed by atoms with van der Waals surface area (Å²) in [6.45, 7) is 12.9. The van der Waals surface area contributed by atoms with Crippen molar-refractivity contribution in [3.63, 3.8) is 0 Å². The van der Waals surface area contributed by atoms with Gasteiger partial charge in [-0.15, -0.1) is 0 Å². The third kappa shape index (κ3) is 3.89. The molecule has 148 valence electrons. The van der Waals surface area contributed by atoms with Crippen LogP contribution in [0.2, 0.25) is 31.0 Å². The standard InChI is InChI=1S/C19H28ClIN4OSi/c1-5-19-8-13(19)9-24(11-19)16-15-14(21)10-25(17(15)23-18(20)22-16)12-26-6-7-27(2,3)4/h10,13H,5-9,11-12H2,1-4H3. The van der Waals surface area contributed by atoms with Crippen molar-refractivity contribution in [2.24, 2.45) is 11.3 Å². The van der Waals surface area contributed by atoms with E-state index >= 15 is 0 Å². The molecule has 2 unspecified atom stereocenters. The van der Waals surface area contributed by atoms with E-state index in [1.54, 1.807) is 0 Å². The van der Waals surface area contributed by atoms with Crippen LogP contribution in [0.5, 0.6) is 0 Å². The average molecular weight is 519 g/mol. The Balaban J connectivity index is 1.58. The molecule has 27 heavy (non-hydrogen) atoms. The summed E-state index contributed by atoms with van der Waals surface area (Å²) in [4.78, 5) is 11.6.